The lowest BCUT2D eigenvalue weighted by Gasteiger charge is -2.41. The second-order valence-electron chi connectivity index (χ2n) is 6.58. The van der Waals surface area contributed by atoms with Crippen molar-refractivity contribution in [2.45, 2.75) is 10.7 Å². The lowest BCUT2D eigenvalue weighted by Crippen LogP contribution is -2.42. The van der Waals surface area contributed by atoms with Gasteiger partial charge in [-0.15, -0.1) is 0 Å². The Morgan fingerprint density at radius 1 is 0.793 bits per heavy atom. The molecule has 29 heavy (non-hydrogen) atoms. The van der Waals surface area contributed by atoms with E-state index < -0.39 is 5.41 Å². The van der Waals surface area contributed by atoms with Gasteiger partial charge in [-0.3, -0.25) is 0 Å². The molecule has 0 heterocycles. The quantitative estimate of drug-likeness (QED) is 0.278. The summed E-state index contributed by atoms with van der Waals surface area (Å²) in [5.74, 6) is 1.41. The molecule has 0 aliphatic rings. The predicted octanol–water partition coefficient (Wildman–Crippen LogP) is 4.76. The normalized spacial score (nSPS) is 12.5. The number of hydrogen-bond acceptors (Lipinski definition) is 5. The number of rotatable bonds is 10. The average Bonchev–Trinajstić information content (AvgIpc) is 2.80. The van der Waals surface area contributed by atoms with Gasteiger partial charge in [-0.05, 0) is 28.8 Å². The summed E-state index contributed by atoms with van der Waals surface area (Å²) in [7, 11) is 4.87. The molecule has 1 atom stereocenters. The molecule has 152 valence electrons. The van der Waals surface area contributed by atoms with E-state index in [-0.39, 0.29) is 18.5 Å². The monoisotopic (exact) mass is 426 g/mol. The molecule has 0 radical (unpaired) electrons. The average molecular weight is 427 g/mol. The first-order valence-corrected chi connectivity index (χ1v) is 11.9. The maximum absolute atomic E-state index is 10.5. The minimum Gasteiger partial charge on any atom is -0.497 e. The first kappa shape index (κ1) is 21.8. The van der Waals surface area contributed by atoms with Crippen molar-refractivity contribution in [3.63, 3.8) is 0 Å². The van der Waals surface area contributed by atoms with E-state index >= 15 is 0 Å². The van der Waals surface area contributed by atoms with Gasteiger partial charge in [0.15, 0.2) is 0 Å². The van der Waals surface area contributed by atoms with Crippen LogP contribution in [0.3, 0.4) is 0 Å². The van der Waals surface area contributed by atoms with Crippen LogP contribution in [0.5, 0.6) is 5.75 Å². The van der Waals surface area contributed by atoms with Crippen molar-refractivity contribution in [2.75, 3.05) is 26.1 Å². The first-order chi connectivity index (χ1) is 14.3. The number of methoxy groups -OCH3 is 1. The molecule has 0 saturated heterocycles. The van der Waals surface area contributed by atoms with Crippen molar-refractivity contribution in [3.8, 4) is 5.75 Å². The summed E-state index contributed by atoms with van der Waals surface area (Å²) in [6.07, 6.45) is 0. The molecule has 0 fully saturated rings. The molecule has 0 aliphatic heterocycles. The van der Waals surface area contributed by atoms with E-state index in [1.54, 1.807) is 28.7 Å². The minimum atomic E-state index is -0.559. The number of aliphatic hydroxyl groups excluding tert-OH is 2. The maximum Gasteiger partial charge on any atom is 0.118 e. The van der Waals surface area contributed by atoms with Crippen LogP contribution in [0.1, 0.15) is 16.7 Å². The van der Waals surface area contributed by atoms with Gasteiger partial charge in [-0.25, -0.2) is 0 Å². The Morgan fingerprint density at radius 3 is 1.76 bits per heavy atom. The second kappa shape index (κ2) is 10.7. The van der Waals surface area contributed by atoms with Gasteiger partial charge in [-0.2, -0.15) is 0 Å². The summed E-state index contributed by atoms with van der Waals surface area (Å²) in [4.78, 5) is 0. The van der Waals surface area contributed by atoms with Crippen LogP contribution in [0.25, 0.3) is 0 Å². The van der Waals surface area contributed by atoms with Crippen LogP contribution >= 0.6 is 21.6 Å². The van der Waals surface area contributed by atoms with Crippen molar-refractivity contribution in [3.05, 3.63) is 102 Å². The highest BCUT2D eigenvalue weighted by molar-refractivity contribution is 8.77. The molecule has 0 amide bonds. The van der Waals surface area contributed by atoms with Gasteiger partial charge in [0, 0.05) is 5.75 Å². The first-order valence-electron chi connectivity index (χ1n) is 9.53. The van der Waals surface area contributed by atoms with E-state index in [1.165, 1.54) is 0 Å². The molecular weight excluding hydrogens is 400 g/mol. The highest BCUT2D eigenvalue weighted by Crippen LogP contribution is 2.49. The van der Waals surface area contributed by atoms with Crippen LogP contribution in [0.2, 0.25) is 0 Å². The molecule has 1 unspecified atom stereocenters. The topological polar surface area (TPSA) is 49.7 Å². The van der Waals surface area contributed by atoms with E-state index in [0.717, 1.165) is 22.4 Å². The smallest absolute Gasteiger partial charge is 0.118 e. The Morgan fingerprint density at radius 2 is 1.31 bits per heavy atom. The van der Waals surface area contributed by atoms with Crippen LogP contribution in [-0.4, -0.2) is 41.5 Å². The zero-order valence-corrected chi connectivity index (χ0v) is 18.0. The highest BCUT2D eigenvalue weighted by atomic mass is 33.1. The van der Waals surface area contributed by atoms with E-state index in [2.05, 4.69) is 36.4 Å². The predicted molar refractivity (Wildman–Crippen MR) is 124 cm³/mol. The van der Waals surface area contributed by atoms with Gasteiger partial charge < -0.3 is 14.9 Å². The van der Waals surface area contributed by atoms with Crippen molar-refractivity contribution in [1.29, 1.82) is 0 Å². The Kier molecular flexibility index (Phi) is 8.07. The standard InChI is InChI=1S/C24H26O3S2/c1-27-22-14-12-21(13-15-22)24(19-8-4-2-5-9-19,20-10-6-3-7-11-20)23(18-26)29-28-17-16-25/h2-15,23,25-26H,16-18H2,1H3. The molecule has 2 N–H and O–H groups in total. The molecule has 0 saturated carbocycles. The largest absolute Gasteiger partial charge is 0.497 e. The Labute approximate surface area is 180 Å². The molecule has 5 heteroatoms. The third-order valence-corrected chi connectivity index (χ3v) is 7.84. The third-order valence-electron chi connectivity index (χ3n) is 5.01. The van der Waals surface area contributed by atoms with Gasteiger partial charge in [-0.1, -0.05) is 94.4 Å². The molecule has 0 bridgehead atoms. The fourth-order valence-corrected chi connectivity index (χ4v) is 6.29. The molecule has 3 rings (SSSR count). The van der Waals surface area contributed by atoms with Crippen molar-refractivity contribution in [1.82, 2.24) is 0 Å². The fourth-order valence-electron chi connectivity index (χ4n) is 3.72. The van der Waals surface area contributed by atoms with Crippen LogP contribution in [-0.2, 0) is 5.41 Å². The Hall–Kier alpha value is -1.92. The summed E-state index contributed by atoms with van der Waals surface area (Å²) in [5.41, 5.74) is 2.77. The molecule has 3 aromatic carbocycles. The molecule has 0 aromatic heterocycles. The van der Waals surface area contributed by atoms with E-state index in [0.29, 0.717) is 5.75 Å². The van der Waals surface area contributed by atoms with Crippen molar-refractivity contribution in [2.24, 2.45) is 0 Å². The van der Waals surface area contributed by atoms with Gasteiger partial charge in [0.25, 0.3) is 0 Å². The summed E-state index contributed by atoms with van der Waals surface area (Å²) >= 11 is 0. The highest BCUT2D eigenvalue weighted by Gasteiger charge is 2.44. The molecule has 0 spiro atoms. The van der Waals surface area contributed by atoms with Crippen molar-refractivity contribution < 1.29 is 14.9 Å². The molecule has 3 aromatic rings. The van der Waals surface area contributed by atoms with Crippen LogP contribution in [0.15, 0.2) is 84.9 Å². The maximum atomic E-state index is 10.5. The summed E-state index contributed by atoms with van der Waals surface area (Å²) in [6, 6.07) is 28.8. The van der Waals surface area contributed by atoms with Gasteiger partial charge in [0.05, 0.1) is 31.0 Å². The second-order valence-corrected chi connectivity index (χ2v) is 9.27. The number of ether oxygens (including phenoxy) is 1. The Bertz CT molecular complexity index is 815. The third kappa shape index (κ3) is 4.64. The van der Waals surface area contributed by atoms with Crippen LogP contribution < -0.4 is 4.74 Å². The van der Waals surface area contributed by atoms with Gasteiger partial charge >= 0.3 is 0 Å². The molecule has 3 nitrogen and oxygen atoms in total. The lowest BCUT2D eigenvalue weighted by molar-refractivity contribution is 0.273. The van der Waals surface area contributed by atoms with Crippen LogP contribution in [0, 0.1) is 0 Å². The van der Waals surface area contributed by atoms with Crippen molar-refractivity contribution >= 4 is 21.6 Å². The van der Waals surface area contributed by atoms with Crippen LogP contribution in [0.4, 0.5) is 0 Å². The number of hydrogen-bond donors (Lipinski definition) is 2. The zero-order valence-electron chi connectivity index (χ0n) is 16.4. The minimum absolute atomic E-state index is 0.00108. The van der Waals surface area contributed by atoms with E-state index in [4.69, 9.17) is 4.74 Å². The van der Waals surface area contributed by atoms with E-state index in [9.17, 15) is 10.2 Å². The van der Waals surface area contributed by atoms with E-state index in [1.807, 2.05) is 48.5 Å². The van der Waals surface area contributed by atoms with Gasteiger partial charge in [0.1, 0.15) is 5.75 Å². The summed E-state index contributed by atoms with van der Waals surface area (Å²) in [5, 5.41) is 19.6. The number of aliphatic hydroxyl groups is 2. The lowest BCUT2D eigenvalue weighted by atomic mass is 9.67. The fraction of sp³-hybridized carbons (Fsp3) is 0.250. The summed E-state index contributed by atoms with van der Waals surface area (Å²) in [6.45, 7) is 0.112. The SMILES string of the molecule is COc1ccc(C(c2ccccc2)(c2ccccc2)C(CO)SSCCO)cc1. The Balaban J connectivity index is 2.26. The molecular formula is C24H26O3S2. The molecule has 0 aliphatic carbocycles. The zero-order chi connectivity index (χ0) is 20.5. The number of benzene rings is 3. The van der Waals surface area contributed by atoms with Gasteiger partial charge in [0.2, 0.25) is 0 Å². The summed E-state index contributed by atoms with van der Waals surface area (Å²) < 4.78 is 5.37.